The highest BCUT2D eigenvalue weighted by molar-refractivity contribution is 6.30. The van der Waals surface area contributed by atoms with E-state index in [1.165, 1.54) is 0 Å². The van der Waals surface area contributed by atoms with Crippen LogP contribution in [0.3, 0.4) is 0 Å². The predicted octanol–water partition coefficient (Wildman–Crippen LogP) is 3.38. The van der Waals surface area contributed by atoms with Crippen LogP contribution < -0.4 is 5.32 Å². The van der Waals surface area contributed by atoms with Crippen molar-refractivity contribution >= 4 is 17.5 Å². The van der Waals surface area contributed by atoms with Crippen molar-refractivity contribution in [3.05, 3.63) is 58.4 Å². The normalized spacial score (nSPS) is 10.5. The van der Waals surface area contributed by atoms with E-state index in [-0.39, 0.29) is 5.91 Å². The second-order valence-electron chi connectivity index (χ2n) is 5.45. The van der Waals surface area contributed by atoms with Crippen LogP contribution in [0.1, 0.15) is 23.9 Å². The van der Waals surface area contributed by atoms with Gasteiger partial charge in [-0.15, -0.1) is 0 Å². The number of carbonyl (C=O) groups is 1. The average molecular weight is 318 g/mol. The van der Waals surface area contributed by atoms with E-state index in [1.54, 1.807) is 0 Å². The van der Waals surface area contributed by atoms with E-state index in [2.05, 4.69) is 17.0 Å². The Bertz CT molecular complexity index is 701. The molecule has 116 valence electrons. The van der Waals surface area contributed by atoms with Crippen molar-refractivity contribution in [3.8, 4) is 5.69 Å². The van der Waals surface area contributed by atoms with Gasteiger partial charge in [0.25, 0.3) is 0 Å². The Kier molecular flexibility index (Phi) is 5.03. The summed E-state index contributed by atoms with van der Waals surface area (Å²) in [5, 5.41) is 8.07. The van der Waals surface area contributed by atoms with Gasteiger partial charge in [-0.25, -0.2) is 4.68 Å². The van der Waals surface area contributed by atoms with E-state index >= 15 is 0 Å². The molecule has 5 heteroatoms. The monoisotopic (exact) mass is 317 g/mol. The van der Waals surface area contributed by atoms with Crippen molar-refractivity contribution in [2.24, 2.45) is 0 Å². The molecule has 0 fully saturated rings. The fourth-order valence-corrected chi connectivity index (χ4v) is 2.36. The molecule has 0 saturated heterocycles. The number of hydrogen-bond acceptors (Lipinski definition) is 2. The lowest BCUT2D eigenvalue weighted by atomic mass is 10.1. The van der Waals surface area contributed by atoms with Crippen LogP contribution >= 0.6 is 11.6 Å². The number of hydrogen-bond donors (Lipinski definition) is 1. The quantitative estimate of drug-likeness (QED) is 0.859. The Hall–Kier alpha value is -2.07. The van der Waals surface area contributed by atoms with Gasteiger partial charge in [0.1, 0.15) is 0 Å². The third-order valence-electron chi connectivity index (χ3n) is 3.44. The maximum atomic E-state index is 12.0. The van der Waals surface area contributed by atoms with Gasteiger partial charge in [0.05, 0.1) is 17.8 Å². The molecule has 0 spiro atoms. The number of rotatable bonds is 5. The van der Waals surface area contributed by atoms with Crippen molar-refractivity contribution in [1.82, 2.24) is 15.1 Å². The first kappa shape index (κ1) is 16.3. The van der Waals surface area contributed by atoms with Crippen LogP contribution in [0.15, 0.2) is 36.4 Å². The highest BCUT2D eigenvalue weighted by atomic mass is 35.5. The fraction of sp³-hybridized carbons (Fsp3) is 0.294. The number of nitrogens with one attached hydrogen (secondary N) is 1. The van der Waals surface area contributed by atoms with Crippen LogP contribution in [0.2, 0.25) is 5.02 Å². The summed E-state index contributed by atoms with van der Waals surface area (Å²) in [6, 6.07) is 7.47. The summed E-state index contributed by atoms with van der Waals surface area (Å²) >= 11 is 5.91. The minimum atomic E-state index is -0.0233. The smallest absolute Gasteiger partial charge is 0.224 e. The first-order valence-corrected chi connectivity index (χ1v) is 7.48. The van der Waals surface area contributed by atoms with Crippen molar-refractivity contribution in [3.63, 3.8) is 0 Å². The second-order valence-corrected chi connectivity index (χ2v) is 5.88. The summed E-state index contributed by atoms with van der Waals surface area (Å²) in [5.74, 6) is -0.0233. The van der Waals surface area contributed by atoms with Crippen molar-refractivity contribution < 1.29 is 4.79 Å². The number of carbonyl (C=O) groups excluding carboxylic acids is 1. The summed E-state index contributed by atoms with van der Waals surface area (Å²) in [7, 11) is 0. The zero-order chi connectivity index (χ0) is 16.3. The Morgan fingerprint density at radius 2 is 1.95 bits per heavy atom. The average Bonchev–Trinajstić information content (AvgIpc) is 2.74. The maximum absolute atomic E-state index is 12.0. The van der Waals surface area contributed by atoms with Gasteiger partial charge < -0.3 is 5.32 Å². The van der Waals surface area contributed by atoms with Gasteiger partial charge in [0.15, 0.2) is 0 Å². The Morgan fingerprint density at radius 1 is 1.32 bits per heavy atom. The standard InChI is InChI=1S/C17H20ClN3O/c1-11(2)10-19-17(22)9-16-12(3)20-21(13(16)4)15-7-5-14(18)6-8-15/h5-8H,1,9-10H2,2-4H3,(H,19,22). The van der Waals surface area contributed by atoms with Crippen molar-refractivity contribution in [1.29, 1.82) is 0 Å². The van der Waals surface area contributed by atoms with Gasteiger partial charge in [-0.2, -0.15) is 5.10 Å². The lowest BCUT2D eigenvalue weighted by molar-refractivity contribution is -0.120. The Balaban J connectivity index is 2.22. The molecule has 0 radical (unpaired) electrons. The predicted molar refractivity (Wildman–Crippen MR) is 89.6 cm³/mol. The molecule has 1 aromatic heterocycles. The molecular weight excluding hydrogens is 298 g/mol. The largest absolute Gasteiger partial charge is 0.352 e. The van der Waals surface area contributed by atoms with Gasteiger partial charge in [-0.05, 0) is 45.0 Å². The van der Waals surface area contributed by atoms with Crippen molar-refractivity contribution in [2.45, 2.75) is 27.2 Å². The minimum Gasteiger partial charge on any atom is -0.352 e. The van der Waals surface area contributed by atoms with Gasteiger partial charge in [0.2, 0.25) is 5.91 Å². The molecule has 4 nitrogen and oxygen atoms in total. The molecule has 0 aliphatic rings. The molecule has 1 N–H and O–H groups in total. The van der Waals surface area contributed by atoms with E-state index in [9.17, 15) is 4.79 Å². The Labute approximate surface area is 135 Å². The molecule has 2 aromatic rings. The number of amides is 1. The van der Waals surface area contributed by atoms with Gasteiger partial charge in [-0.3, -0.25) is 4.79 Å². The molecule has 2 rings (SSSR count). The molecule has 0 bridgehead atoms. The van der Waals surface area contributed by atoms with Crippen LogP contribution in [0.25, 0.3) is 5.69 Å². The first-order chi connectivity index (χ1) is 10.4. The molecule has 0 atom stereocenters. The number of benzene rings is 1. The fourth-order valence-electron chi connectivity index (χ4n) is 2.24. The van der Waals surface area contributed by atoms with Gasteiger partial charge in [0, 0.05) is 22.8 Å². The van der Waals surface area contributed by atoms with E-state index < -0.39 is 0 Å². The zero-order valence-electron chi connectivity index (χ0n) is 13.1. The van der Waals surface area contributed by atoms with E-state index in [1.807, 2.05) is 49.7 Å². The molecule has 1 aromatic carbocycles. The molecule has 22 heavy (non-hydrogen) atoms. The topological polar surface area (TPSA) is 46.9 Å². The molecule has 0 aliphatic heterocycles. The molecule has 1 heterocycles. The van der Waals surface area contributed by atoms with Crippen LogP contribution in [0.5, 0.6) is 0 Å². The summed E-state index contributed by atoms with van der Waals surface area (Å²) in [4.78, 5) is 12.0. The zero-order valence-corrected chi connectivity index (χ0v) is 13.9. The second kappa shape index (κ2) is 6.79. The number of nitrogens with zero attached hydrogens (tertiary/aromatic N) is 2. The first-order valence-electron chi connectivity index (χ1n) is 7.10. The van der Waals surface area contributed by atoms with E-state index in [4.69, 9.17) is 11.6 Å². The molecule has 0 aliphatic carbocycles. The molecular formula is C17H20ClN3O. The number of halogens is 1. The van der Waals surface area contributed by atoms with Gasteiger partial charge in [-0.1, -0.05) is 23.8 Å². The van der Waals surface area contributed by atoms with Crippen LogP contribution in [0, 0.1) is 13.8 Å². The highest BCUT2D eigenvalue weighted by Crippen LogP contribution is 2.20. The van der Waals surface area contributed by atoms with E-state index in [0.29, 0.717) is 18.0 Å². The highest BCUT2D eigenvalue weighted by Gasteiger charge is 2.15. The maximum Gasteiger partial charge on any atom is 0.224 e. The van der Waals surface area contributed by atoms with E-state index in [0.717, 1.165) is 28.2 Å². The summed E-state index contributed by atoms with van der Waals surface area (Å²) in [6.45, 7) is 10.1. The SMILES string of the molecule is C=C(C)CNC(=O)Cc1c(C)nn(-c2ccc(Cl)cc2)c1C. The summed E-state index contributed by atoms with van der Waals surface area (Å²) < 4.78 is 1.84. The lowest BCUT2D eigenvalue weighted by Gasteiger charge is -2.07. The molecule has 1 amide bonds. The van der Waals surface area contributed by atoms with Crippen LogP contribution in [-0.2, 0) is 11.2 Å². The minimum absolute atomic E-state index is 0.0233. The lowest BCUT2D eigenvalue weighted by Crippen LogP contribution is -2.26. The third kappa shape index (κ3) is 3.77. The Morgan fingerprint density at radius 3 is 2.55 bits per heavy atom. The number of aryl methyl sites for hydroxylation is 1. The molecule has 0 unspecified atom stereocenters. The number of aromatic nitrogens is 2. The molecule has 0 saturated carbocycles. The van der Waals surface area contributed by atoms with Gasteiger partial charge >= 0.3 is 0 Å². The van der Waals surface area contributed by atoms with Crippen molar-refractivity contribution in [2.75, 3.05) is 6.54 Å². The third-order valence-corrected chi connectivity index (χ3v) is 3.69. The van der Waals surface area contributed by atoms with Crippen LogP contribution in [-0.4, -0.2) is 22.2 Å². The summed E-state index contributed by atoms with van der Waals surface area (Å²) in [5.41, 5.74) is 4.63. The summed E-state index contributed by atoms with van der Waals surface area (Å²) in [6.07, 6.45) is 0.318. The van der Waals surface area contributed by atoms with Crippen LogP contribution in [0.4, 0.5) is 0 Å².